The lowest BCUT2D eigenvalue weighted by Crippen LogP contribution is -2.20. The summed E-state index contributed by atoms with van der Waals surface area (Å²) < 4.78 is 10.1. The largest absolute Gasteiger partial charge is 0.497 e. The lowest BCUT2D eigenvalue weighted by Gasteiger charge is -2.17. The third-order valence-electron chi connectivity index (χ3n) is 4.54. The Morgan fingerprint density at radius 2 is 2.07 bits per heavy atom. The van der Waals surface area contributed by atoms with Crippen molar-refractivity contribution in [2.45, 2.75) is 26.2 Å². The number of amides is 1. The molecule has 0 aliphatic heterocycles. The zero-order valence-electron chi connectivity index (χ0n) is 15.2. The van der Waals surface area contributed by atoms with Gasteiger partial charge in [-0.1, -0.05) is 6.92 Å². The molecule has 1 aliphatic carbocycles. The second-order valence-corrected chi connectivity index (χ2v) is 7.63. The Hall–Kier alpha value is -2.85. The molecular weight excluding hydrogens is 364 g/mol. The van der Waals surface area contributed by atoms with Crippen molar-refractivity contribution in [2.75, 3.05) is 19.0 Å². The van der Waals surface area contributed by atoms with Crippen molar-refractivity contribution in [1.29, 1.82) is 5.26 Å². The number of benzene rings is 1. The molecule has 0 bridgehead atoms. The summed E-state index contributed by atoms with van der Waals surface area (Å²) in [6.45, 7) is 1.78. The Morgan fingerprint density at radius 3 is 2.74 bits per heavy atom. The Morgan fingerprint density at radius 1 is 1.33 bits per heavy atom. The van der Waals surface area contributed by atoms with E-state index in [9.17, 15) is 14.9 Å². The van der Waals surface area contributed by atoms with Gasteiger partial charge in [0.05, 0.1) is 18.2 Å². The van der Waals surface area contributed by atoms with Gasteiger partial charge in [-0.2, -0.15) is 5.26 Å². The number of carbonyl (C=O) groups excluding carboxylic acids is 2. The molecule has 0 saturated heterocycles. The van der Waals surface area contributed by atoms with Gasteiger partial charge in [0.1, 0.15) is 16.8 Å². The van der Waals surface area contributed by atoms with E-state index in [-0.39, 0.29) is 0 Å². The van der Waals surface area contributed by atoms with E-state index < -0.39 is 18.5 Å². The van der Waals surface area contributed by atoms with Crippen LogP contribution in [0.4, 0.5) is 5.00 Å². The Bertz CT molecular complexity index is 896. The van der Waals surface area contributed by atoms with E-state index in [2.05, 4.69) is 18.3 Å². The lowest BCUT2D eigenvalue weighted by atomic mass is 9.89. The van der Waals surface area contributed by atoms with E-state index >= 15 is 0 Å². The van der Waals surface area contributed by atoms with Gasteiger partial charge >= 0.3 is 5.97 Å². The van der Waals surface area contributed by atoms with Crippen molar-refractivity contribution >= 4 is 28.2 Å². The molecule has 0 saturated carbocycles. The number of hydrogen-bond acceptors (Lipinski definition) is 6. The molecule has 7 heteroatoms. The van der Waals surface area contributed by atoms with Gasteiger partial charge in [-0.15, -0.1) is 11.3 Å². The number of nitrogens with one attached hydrogen (secondary N) is 1. The number of thiophene rings is 1. The van der Waals surface area contributed by atoms with Crippen molar-refractivity contribution in [3.8, 4) is 11.8 Å². The van der Waals surface area contributed by atoms with Crippen LogP contribution in [0.15, 0.2) is 24.3 Å². The highest BCUT2D eigenvalue weighted by atomic mass is 32.1. The van der Waals surface area contributed by atoms with Gasteiger partial charge in [0.2, 0.25) is 0 Å². The maximum atomic E-state index is 12.2. The first kappa shape index (κ1) is 18.9. The molecule has 3 rings (SSSR count). The molecule has 1 atom stereocenters. The van der Waals surface area contributed by atoms with Crippen LogP contribution in [0.5, 0.6) is 5.75 Å². The van der Waals surface area contributed by atoms with Crippen molar-refractivity contribution in [2.24, 2.45) is 5.92 Å². The zero-order chi connectivity index (χ0) is 19.4. The molecule has 1 aromatic carbocycles. The van der Waals surface area contributed by atoms with Crippen LogP contribution >= 0.6 is 11.3 Å². The molecular formula is C20H20N2O4S. The summed E-state index contributed by atoms with van der Waals surface area (Å²) in [6.07, 6.45) is 2.83. The van der Waals surface area contributed by atoms with Gasteiger partial charge < -0.3 is 14.8 Å². The molecule has 1 aromatic heterocycles. The van der Waals surface area contributed by atoms with Gasteiger partial charge in [0, 0.05) is 4.88 Å². The summed E-state index contributed by atoms with van der Waals surface area (Å²) in [7, 11) is 1.54. The number of fused-ring (bicyclic) bond motifs is 1. The van der Waals surface area contributed by atoms with Gasteiger partial charge in [0.15, 0.2) is 6.61 Å². The van der Waals surface area contributed by atoms with Crippen molar-refractivity contribution in [3.05, 3.63) is 45.8 Å². The lowest BCUT2D eigenvalue weighted by molar-refractivity contribution is -0.119. The van der Waals surface area contributed by atoms with Crippen LogP contribution in [0.1, 0.15) is 39.7 Å². The number of anilines is 1. The molecule has 1 aliphatic rings. The van der Waals surface area contributed by atoms with E-state index in [0.29, 0.717) is 27.8 Å². The highest BCUT2D eigenvalue weighted by molar-refractivity contribution is 7.16. The SMILES string of the molecule is COc1ccc(C(=O)OCC(=O)Nc2sc3c(c2C#N)CC[C@@H](C)C3)cc1. The molecule has 2 aromatic rings. The number of rotatable bonds is 5. The molecule has 1 N–H and O–H groups in total. The number of esters is 1. The number of hydrogen-bond donors (Lipinski definition) is 1. The molecule has 140 valence electrons. The zero-order valence-corrected chi connectivity index (χ0v) is 16.0. The van der Waals surface area contributed by atoms with E-state index in [1.807, 2.05) is 0 Å². The van der Waals surface area contributed by atoms with Gasteiger partial charge in [0.25, 0.3) is 5.91 Å². The first-order valence-electron chi connectivity index (χ1n) is 8.67. The number of carbonyl (C=O) groups is 2. The van der Waals surface area contributed by atoms with Gasteiger partial charge in [-0.3, -0.25) is 4.79 Å². The fraction of sp³-hybridized carbons (Fsp3) is 0.350. The summed E-state index contributed by atoms with van der Waals surface area (Å²) >= 11 is 1.44. The monoisotopic (exact) mass is 384 g/mol. The summed E-state index contributed by atoms with van der Waals surface area (Å²) in [5.74, 6) is 0.161. The number of nitrogens with zero attached hydrogens (tertiary/aromatic N) is 1. The third kappa shape index (κ3) is 4.29. The van der Waals surface area contributed by atoms with Crippen LogP contribution < -0.4 is 10.1 Å². The Balaban J connectivity index is 1.61. The molecule has 27 heavy (non-hydrogen) atoms. The average Bonchev–Trinajstić information content (AvgIpc) is 3.01. The van der Waals surface area contributed by atoms with Crippen molar-refractivity contribution < 1.29 is 19.1 Å². The smallest absolute Gasteiger partial charge is 0.338 e. The first-order valence-corrected chi connectivity index (χ1v) is 9.49. The minimum absolute atomic E-state index is 0.335. The highest BCUT2D eigenvalue weighted by Gasteiger charge is 2.24. The summed E-state index contributed by atoms with van der Waals surface area (Å²) in [5.41, 5.74) is 1.92. The third-order valence-corrected chi connectivity index (χ3v) is 5.71. The van der Waals surface area contributed by atoms with Gasteiger partial charge in [-0.25, -0.2) is 4.79 Å². The van der Waals surface area contributed by atoms with Crippen LogP contribution in [0.2, 0.25) is 0 Å². The predicted octanol–water partition coefficient (Wildman–Crippen LogP) is 3.55. The van der Waals surface area contributed by atoms with Crippen molar-refractivity contribution in [3.63, 3.8) is 0 Å². The number of nitriles is 1. The highest BCUT2D eigenvalue weighted by Crippen LogP contribution is 2.39. The minimum atomic E-state index is -0.590. The number of methoxy groups -OCH3 is 1. The minimum Gasteiger partial charge on any atom is -0.497 e. The van der Waals surface area contributed by atoms with Gasteiger partial charge in [-0.05, 0) is 55.0 Å². The first-order chi connectivity index (χ1) is 13.0. The van der Waals surface area contributed by atoms with Crippen LogP contribution in [-0.2, 0) is 22.4 Å². The quantitative estimate of drug-likeness (QED) is 0.797. The van der Waals surface area contributed by atoms with E-state index in [0.717, 1.165) is 29.7 Å². The van der Waals surface area contributed by atoms with E-state index in [1.54, 1.807) is 24.3 Å². The van der Waals surface area contributed by atoms with Crippen LogP contribution in [0.3, 0.4) is 0 Å². The standard InChI is InChI=1S/C20H20N2O4S/c1-12-3-8-15-16(10-21)19(27-17(15)9-12)22-18(23)11-26-20(24)13-4-6-14(25-2)7-5-13/h4-7,12H,3,8-9,11H2,1-2H3,(H,22,23)/t12-/m1/s1. The molecule has 1 amide bonds. The normalized spacial score (nSPS) is 15.4. The summed E-state index contributed by atoms with van der Waals surface area (Å²) in [6, 6.07) is 8.63. The average molecular weight is 384 g/mol. The molecule has 0 fully saturated rings. The molecule has 0 spiro atoms. The van der Waals surface area contributed by atoms with E-state index in [4.69, 9.17) is 9.47 Å². The molecule has 0 radical (unpaired) electrons. The summed E-state index contributed by atoms with van der Waals surface area (Å²) in [4.78, 5) is 25.4. The fourth-order valence-electron chi connectivity index (χ4n) is 3.06. The fourth-order valence-corrected chi connectivity index (χ4v) is 4.44. The molecule has 1 heterocycles. The van der Waals surface area contributed by atoms with Crippen LogP contribution in [-0.4, -0.2) is 25.6 Å². The second kappa shape index (κ2) is 8.23. The van der Waals surface area contributed by atoms with Crippen molar-refractivity contribution in [1.82, 2.24) is 0 Å². The topological polar surface area (TPSA) is 88.4 Å². The predicted molar refractivity (Wildman–Crippen MR) is 102 cm³/mol. The van der Waals surface area contributed by atoms with Crippen LogP contribution in [0, 0.1) is 17.2 Å². The van der Waals surface area contributed by atoms with Crippen LogP contribution in [0.25, 0.3) is 0 Å². The summed E-state index contributed by atoms with van der Waals surface area (Å²) in [5, 5.41) is 12.7. The maximum absolute atomic E-state index is 12.2. The molecule has 0 unspecified atom stereocenters. The second-order valence-electron chi connectivity index (χ2n) is 6.52. The Kier molecular flexibility index (Phi) is 5.77. The maximum Gasteiger partial charge on any atom is 0.338 e. The number of ether oxygens (including phenoxy) is 2. The van der Waals surface area contributed by atoms with E-state index in [1.165, 1.54) is 18.4 Å². The molecule has 6 nitrogen and oxygen atoms in total. The Labute approximate surface area is 161 Å².